The summed E-state index contributed by atoms with van der Waals surface area (Å²) in [6.07, 6.45) is 6.31. The highest BCUT2D eigenvalue weighted by Crippen LogP contribution is 2.19. The van der Waals surface area contributed by atoms with Crippen LogP contribution in [0.4, 0.5) is 5.69 Å². The molecule has 2 aromatic rings. The van der Waals surface area contributed by atoms with Crippen LogP contribution in [-0.2, 0) is 0 Å². The smallest absolute Gasteiger partial charge is 0.119 e. The molecule has 0 aliphatic carbocycles. The predicted molar refractivity (Wildman–Crippen MR) is 115 cm³/mol. The molecule has 148 valence electrons. The number of hydrogen-bond acceptors (Lipinski definition) is 3. The standard InChI is InChI=1S/C24H35NO2/c1-4-5-6-7-8-18-26-24-15-11-22(12-16-24)25-17-19-27-23-13-9-21(10-14-23)20(2)3/h9-16,20,25H,4-8,17-19H2,1-3H3. The summed E-state index contributed by atoms with van der Waals surface area (Å²) < 4.78 is 11.6. The average Bonchev–Trinajstić information content (AvgIpc) is 2.69. The topological polar surface area (TPSA) is 30.5 Å². The van der Waals surface area contributed by atoms with Gasteiger partial charge in [-0.05, 0) is 54.3 Å². The molecule has 1 N–H and O–H groups in total. The number of rotatable bonds is 13. The van der Waals surface area contributed by atoms with Gasteiger partial charge in [0.2, 0.25) is 0 Å². The summed E-state index contributed by atoms with van der Waals surface area (Å²) in [5, 5.41) is 3.38. The highest BCUT2D eigenvalue weighted by atomic mass is 16.5. The van der Waals surface area contributed by atoms with Crippen LogP contribution in [0.5, 0.6) is 11.5 Å². The molecule has 0 radical (unpaired) electrons. The summed E-state index contributed by atoms with van der Waals surface area (Å²) in [7, 11) is 0. The third-order valence-corrected chi connectivity index (χ3v) is 4.62. The Balaban J connectivity index is 1.60. The molecule has 0 heterocycles. The van der Waals surface area contributed by atoms with Gasteiger partial charge >= 0.3 is 0 Å². The Hall–Kier alpha value is -2.16. The van der Waals surface area contributed by atoms with Crippen molar-refractivity contribution >= 4 is 5.69 Å². The van der Waals surface area contributed by atoms with Crippen LogP contribution >= 0.6 is 0 Å². The van der Waals surface area contributed by atoms with Crippen LogP contribution in [0, 0.1) is 0 Å². The second-order valence-electron chi connectivity index (χ2n) is 7.29. The van der Waals surface area contributed by atoms with Gasteiger partial charge in [-0.25, -0.2) is 0 Å². The Bertz CT molecular complexity index is 620. The van der Waals surface area contributed by atoms with Gasteiger partial charge in [-0.2, -0.15) is 0 Å². The Morgan fingerprint density at radius 1 is 0.741 bits per heavy atom. The predicted octanol–water partition coefficient (Wildman–Crippen LogP) is 6.65. The maximum absolute atomic E-state index is 5.80. The number of hydrogen-bond donors (Lipinski definition) is 1. The third-order valence-electron chi connectivity index (χ3n) is 4.62. The fourth-order valence-electron chi connectivity index (χ4n) is 2.88. The van der Waals surface area contributed by atoms with Gasteiger partial charge in [0.25, 0.3) is 0 Å². The molecule has 27 heavy (non-hydrogen) atoms. The van der Waals surface area contributed by atoms with E-state index in [-0.39, 0.29) is 0 Å². The van der Waals surface area contributed by atoms with Crippen molar-refractivity contribution in [3.8, 4) is 11.5 Å². The third kappa shape index (κ3) is 8.38. The van der Waals surface area contributed by atoms with Gasteiger partial charge in [0.05, 0.1) is 6.61 Å². The first-order valence-corrected chi connectivity index (χ1v) is 10.4. The van der Waals surface area contributed by atoms with Gasteiger partial charge in [0.15, 0.2) is 0 Å². The number of anilines is 1. The van der Waals surface area contributed by atoms with E-state index in [2.05, 4.69) is 50.4 Å². The van der Waals surface area contributed by atoms with E-state index in [4.69, 9.17) is 9.47 Å². The zero-order valence-corrected chi connectivity index (χ0v) is 17.2. The largest absolute Gasteiger partial charge is 0.494 e. The zero-order valence-electron chi connectivity index (χ0n) is 17.2. The van der Waals surface area contributed by atoms with Crippen LogP contribution in [-0.4, -0.2) is 19.8 Å². The summed E-state index contributed by atoms with van der Waals surface area (Å²) in [4.78, 5) is 0. The Morgan fingerprint density at radius 3 is 1.96 bits per heavy atom. The van der Waals surface area contributed by atoms with E-state index in [0.29, 0.717) is 12.5 Å². The molecule has 0 aliphatic rings. The second kappa shape index (κ2) is 12.3. The minimum Gasteiger partial charge on any atom is -0.494 e. The van der Waals surface area contributed by atoms with Crippen LogP contribution in [0.3, 0.4) is 0 Å². The molecule has 3 nitrogen and oxygen atoms in total. The number of ether oxygens (including phenoxy) is 2. The highest BCUT2D eigenvalue weighted by Gasteiger charge is 2.00. The van der Waals surface area contributed by atoms with Gasteiger partial charge in [-0.3, -0.25) is 0 Å². The molecule has 0 atom stereocenters. The van der Waals surface area contributed by atoms with Crippen molar-refractivity contribution in [2.45, 2.75) is 58.8 Å². The molecule has 0 spiro atoms. The molecular weight excluding hydrogens is 334 g/mol. The minimum atomic E-state index is 0.550. The van der Waals surface area contributed by atoms with E-state index in [9.17, 15) is 0 Å². The maximum Gasteiger partial charge on any atom is 0.119 e. The number of nitrogens with one attached hydrogen (secondary N) is 1. The van der Waals surface area contributed by atoms with Crippen LogP contribution < -0.4 is 14.8 Å². The van der Waals surface area contributed by atoms with Gasteiger partial charge < -0.3 is 14.8 Å². The summed E-state index contributed by atoms with van der Waals surface area (Å²) in [5.74, 6) is 2.41. The van der Waals surface area contributed by atoms with Crippen molar-refractivity contribution in [2.24, 2.45) is 0 Å². The van der Waals surface area contributed by atoms with Crippen LogP contribution in [0.2, 0.25) is 0 Å². The van der Waals surface area contributed by atoms with Gasteiger partial charge in [-0.1, -0.05) is 58.6 Å². The van der Waals surface area contributed by atoms with E-state index < -0.39 is 0 Å². The van der Waals surface area contributed by atoms with Crippen LogP contribution in [0.15, 0.2) is 48.5 Å². The van der Waals surface area contributed by atoms with Crippen molar-refractivity contribution in [3.63, 3.8) is 0 Å². The summed E-state index contributed by atoms with van der Waals surface area (Å²) in [6.45, 7) is 8.84. The monoisotopic (exact) mass is 369 g/mol. The summed E-state index contributed by atoms with van der Waals surface area (Å²) in [6, 6.07) is 16.5. The lowest BCUT2D eigenvalue weighted by molar-refractivity contribution is 0.304. The molecule has 0 saturated heterocycles. The van der Waals surface area contributed by atoms with E-state index in [1.807, 2.05) is 24.3 Å². The van der Waals surface area contributed by atoms with Crippen molar-refractivity contribution in [3.05, 3.63) is 54.1 Å². The lowest BCUT2D eigenvalue weighted by Crippen LogP contribution is -2.11. The maximum atomic E-state index is 5.80. The summed E-state index contributed by atoms with van der Waals surface area (Å²) >= 11 is 0. The lowest BCUT2D eigenvalue weighted by Gasteiger charge is -2.11. The molecule has 2 aromatic carbocycles. The van der Waals surface area contributed by atoms with Gasteiger partial charge in [0, 0.05) is 12.2 Å². The quantitative estimate of drug-likeness (QED) is 0.401. The van der Waals surface area contributed by atoms with Crippen LogP contribution in [0.25, 0.3) is 0 Å². The fourth-order valence-corrected chi connectivity index (χ4v) is 2.88. The molecule has 0 aromatic heterocycles. The molecule has 0 bridgehead atoms. The fraction of sp³-hybridized carbons (Fsp3) is 0.500. The number of unbranched alkanes of at least 4 members (excludes halogenated alkanes) is 4. The van der Waals surface area contributed by atoms with E-state index in [0.717, 1.165) is 36.8 Å². The molecule has 0 unspecified atom stereocenters. The molecule has 0 amide bonds. The normalized spacial score (nSPS) is 10.8. The average molecular weight is 370 g/mol. The first kappa shape index (κ1) is 21.1. The first-order valence-electron chi connectivity index (χ1n) is 10.4. The molecule has 3 heteroatoms. The van der Waals surface area contributed by atoms with Crippen molar-refractivity contribution < 1.29 is 9.47 Å². The van der Waals surface area contributed by atoms with E-state index in [1.165, 1.54) is 31.2 Å². The van der Waals surface area contributed by atoms with Crippen LogP contribution in [0.1, 0.15) is 64.4 Å². The van der Waals surface area contributed by atoms with Gasteiger partial charge in [0.1, 0.15) is 18.1 Å². The first-order chi connectivity index (χ1) is 13.2. The molecule has 0 saturated carbocycles. The lowest BCUT2D eigenvalue weighted by atomic mass is 10.0. The number of benzene rings is 2. The highest BCUT2D eigenvalue weighted by molar-refractivity contribution is 5.46. The van der Waals surface area contributed by atoms with Crippen molar-refractivity contribution in [1.29, 1.82) is 0 Å². The van der Waals surface area contributed by atoms with Crippen molar-refractivity contribution in [1.82, 2.24) is 0 Å². The second-order valence-corrected chi connectivity index (χ2v) is 7.29. The minimum absolute atomic E-state index is 0.550. The molecule has 2 rings (SSSR count). The zero-order chi connectivity index (χ0) is 19.3. The molecule has 0 aliphatic heterocycles. The SMILES string of the molecule is CCCCCCCOc1ccc(NCCOc2ccc(C(C)C)cc2)cc1. The van der Waals surface area contributed by atoms with E-state index >= 15 is 0 Å². The summed E-state index contributed by atoms with van der Waals surface area (Å²) in [5.41, 5.74) is 2.42. The van der Waals surface area contributed by atoms with E-state index in [1.54, 1.807) is 0 Å². The molecule has 0 fully saturated rings. The Labute approximate surface area is 165 Å². The van der Waals surface area contributed by atoms with Gasteiger partial charge in [-0.15, -0.1) is 0 Å². The Morgan fingerprint density at radius 2 is 1.33 bits per heavy atom. The molecular formula is C24H35NO2. The van der Waals surface area contributed by atoms with Crippen molar-refractivity contribution in [2.75, 3.05) is 25.1 Å². The Kier molecular flexibility index (Phi) is 9.61.